The molecule has 0 aliphatic rings. The Kier molecular flexibility index (Phi) is 7.05. The van der Waals surface area contributed by atoms with Gasteiger partial charge in [-0.05, 0) is 42.8 Å². The van der Waals surface area contributed by atoms with Crippen molar-refractivity contribution >= 4 is 39.7 Å². The van der Waals surface area contributed by atoms with Crippen LogP contribution in [0.15, 0.2) is 85.3 Å². The van der Waals surface area contributed by atoms with Gasteiger partial charge >= 0.3 is 0 Å². The van der Waals surface area contributed by atoms with E-state index in [-0.39, 0.29) is 0 Å². The predicted molar refractivity (Wildman–Crippen MR) is 151 cm³/mol. The van der Waals surface area contributed by atoms with Crippen LogP contribution in [0.4, 0.5) is 17.2 Å². The molecule has 5 aromatic rings. The average molecular weight is 511 g/mol. The lowest BCUT2D eigenvalue weighted by atomic mass is 10.0. The van der Waals surface area contributed by atoms with Gasteiger partial charge in [0.1, 0.15) is 11.6 Å². The summed E-state index contributed by atoms with van der Waals surface area (Å²) in [7, 11) is 3.69. The van der Waals surface area contributed by atoms with Gasteiger partial charge in [0.25, 0.3) is 0 Å². The van der Waals surface area contributed by atoms with Crippen LogP contribution in [0.5, 0.6) is 5.75 Å². The van der Waals surface area contributed by atoms with Crippen LogP contribution in [0.25, 0.3) is 22.0 Å². The van der Waals surface area contributed by atoms with Gasteiger partial charge in [-0.15, -0.1) is 0 Å². The molecule has 2 aromatic carbocycles. The average Bonchev–Trinajstić information content (AvgIpc) is 2.93. The fourth-order valence-corrected chi connectivity index (χ4v) is 4.44. The number of hydrazine groups is 1. The minimum atomic E-state index is 0.570. The number of hydrogen-bond acceptors (Lipinski definition) is 7. The molecule has 3 heterocycles. The number of anilines is 3. The van der Waals surface area contributed by atoms with E-state index in [0.29, 0.717) is 10.7 Å². The summed E-state index contributed by atoms with van der Waals surface area (Å²) in [6.07, 6.45) is 5.40. The van der Waals surface area contributed by atoms with Crippen LogP contribution in [0.2, 0.25) is 5.02 Å². The number of halogens is 1. The first-order valence-electron chi connectivity index (χ1n) is 11.8. The molecule has 0 fully saturated rings. The number of para-hydroxylation sites is 1. The lowest BCUT2D eigenvalue weighted by molar-refractivity contribution is 0.414. The van der Waals surface area contributed by atoms with Crippen molar-refractivity contribution in [1.29, 1.82) is 0 Å². The Bertz CT molecular complexity index is 1530. The van der Waals surface area contributed by atoms with E-state index in [1.165, 1.54) is 5.56 Å². The van der Waals surface area contributed by atoms with Crippen molar-refractivity contribution in [3.63, 3.8) is 0 Å². The van der Waals surface area contributed by atoms with Crippen molar-refractivity contribution in [1.82, 2.24) is 15.0 Å². The first-order valence-corrected chi connectivity index (χ1v) is 12.2. The maximum atomic E-state index is 6.83. The summed E-state index contributed by atoms with van der Waals surface area (Å²) < 4.78 is 5.25. The molecule has 3 aromatic heterocycles. The quantitative estimate of drug-likeness (QED) is 0.224. The Hall–Kier alpha value is -4.36. The zero-order chi connectivity index (χ0) is 25.8. The lowest BCUT2D eigenvalue weighted by Gasteiger charge is -2.19. The zero-order valence-electron chi connectivity index (χ0n) is 20.9. The molecular formula is C29H27ClN6O. The highest BCUT2D eigenvalue weighted by molar-refractivity contribution is 6.36. The zero-order valence-corrected chi connectivity index (χ0v) is 21.6. The summed E-state index contributed by atoms with van der Waals surface area (Å²) in [6.45, 7) is 2.66. The van der Waals surface area contributed by atoms with Gasteiger partial charge in [-0.3, -0.25) is 15.4 Å². The van der Waals surface area contributed by atoms with Crippen LogP contribution in [0.3, 0.4) is 0 Å². The normalized spacial score (nSPS) is 10.8. The van der Waals surface area contributed by atoms with Crippen molar-refractivity contribution in [3.05, 3.63) is 102 Å². The second-order valence-electron chi connectivity index (χ2n) is 8.73. The molecule has 0 aliphatic heterocycles. The number of fused-ring (bicyclic) bond motifs is 1. The maximum Gasteiger partial charge on any atom is 0.130 e. The molecular weight excluding hydrogens is 484 g/mol. The molecule has 5 rings (SSSR count). The maximum absolute atomic E-state index is 6.83. The van der Waals surface area contributed by atoms with E-state index in [2.05, 4.69) is 37.9 Å². The van der Waals surface area contributed by atoms with E-state index >= 15 is 0 Å². The summed E-state index contributed by atoms with van der Waals surface area (Å²) in [6, 6.07) is 21.9. The van der Waals surface area contributed by atoms with Crippen LogP contribution in [0.1, 0.15) is 11.3 Å². The predicted octanol–water partition coefficient (Wildman–Crippen LogP) is 6.74. The number of hydrogen-bond donors (Lipinski definition) is 2. The van der Waals surface area contributed by atoms with E-state index in [0.717, 1.165) is 51.5 Å². The molecule has 0 bridgehead atoms. The molecule has 0 saturated carbocycles. The number of nitrogens with one attached hydrogen (secondary N) is 2. The molecule has 0 spiro atoms. The Morgan fingerprint density at radius 2 is 1.68 bits per heavy atom. The first-order chi connectivity index (χ1) is 18.0. The molecule has 7 nitrogen and oxygen atoms in total. The van der Waals surface area contributed by atoms with Crippen molar-refractivity contribution < 1.29 is 4.74 Å². The summed E-state index contributed by atoms with van der Waals surface area (Å²) in [5.41, 5.74) is 12.5. The SMILES string of the molecule is COc1ccc(CN(C)c2cc3ncc(-c4c(C)ncc(NNc5ccccc5)c4Cl)cc3cn2)cc1. The highest BCUT2D eigenvalue weighted by atomic mass is 35.5. The second kappa shape index (κ2) is 10.7. The molecule has 186 valence electrons. The van der Waals surface area contributed by atoms with Crippen molar-refractivity contribution in [3.8, 4) is 16.9 Å². The van der Waals surface area contributed by atoms with Gasteiger partial charge in [-0.1, -0.05) is 41.9 Å². The number of rotatable bonds is 8. The number of aryl methyl sites for hydroxylation is 1. The molecule has 37 heavy (non-hydrogen) atoms. The number of aromatic nitrogens is 3. The van der Waals surface area contributed by atoms with E-state index in [4.69, 9.17) is 21.3 Å². The van der Waals surface area contributed by atoms with E-state index < -0.39 is 0 Å². The third-order valence-corrected chi connectivity index (χ3v) is 6.52. The Labute approximate surface area is 221 Å². The van der Waals surface area contributed by atoms with Crippen LogP contribution in [-0.4, -0.2) is 29.1 Å². The highest BCUT2D eigenvalue weighted by Gasteiger charge is 2.15. The topological polar surface area (TPSA) is 75.2 Å². The third-order valence-electron chi connectivity index (χ3n) is 6.13. The van der Waals surface area contributed by atoms with Gasteiger partial charge in [-0.2, -0.15) is 0 Å². The second-order valence-corrected chi connectivity index (χ2v) is 9.10. The third kappa shape index (κ3) is 5.42. The van der Waals surface area contributed by atoms with Crippen LogP contribution >= 0.6 is 11.6 Å². The molecule has 0 amide bonds. The number of nitrogens with zero attached hydrogens (tertiary/aromatic N) is 4. The van der Waals surface area contributed by atoms with Gasteiger partial charge in [0.2, 0.25) is 0 Å². The smallest absolute Gasteiger partial charge is 0.130 e. The van der Waals surface area contributed by atoms with Crippen molar-refractivity contribution in [2.24, 2.45) is 0 Å². The fraction of sp³-hybridized carbons (Fsp3) is 0.138. The van der Waals surface area contributed by atoms with E-state index in [1.54, 1.807) is 13.3 Å². The van der Waals surface area contributed by atoms with E-state index in [1.807, 2.05) is 81.0 Å². The Morgan fingerprint density at radius 3 is 2.43 bits per heavy atom. The summed E-state index contributed by atoms with van der Waals surface area (Å²) in [5.74, 6) is 1.69. The lowest BCUT2D eigenvalue weighted by Crippen LogP contribution is -2.17. The van der Waals surface area contributed by atoms with Crippen LogP contribution < -0.4 is 20.5 Å². The first kappa shape index (κ1) is 24.3. The molecule has 0 unspecified atom stereocenters. The van der Waals surface area contributed by atoms with Crippen molar-refractivity contribution in [2.75, 3.05) is 29.9 Å². The van der Waals surface area contributed by atoms with Gasteiger partial charge < -0.3 is 15.1 Å². The van der Waals surface area contributed by atoms with Crippen LogP contribution in [-0.2, 0) is 6.54 Å². The minimum absolute atomic E-state index is 0.570. The molecule has 0 radical (unpaired) electrons. The number of benzene rings is 2. The Balaban J connectivity index is 1.38. The molecule has 0 aliphatic carbocycles. The van der Waals surface area contributed by atoms with Gasteiger partial charge in [0.15, 0.2) is 0 Å². The summed E-state index contributed by atoms with van der Waals surface area (Å²) in [4.78, 5) is 16.1. The van der Waals surface area contributed by atoms with Gasteiger partial charge in [-0.25, -0.2) is 4.98 Å². The minimum Gasteiger partial charge on any atom is -0.497 e. The number of ether oxygens (including phenoxy) is 1. The molecule has 2 N–H and O–H groups in total. The van der Waals surface area contributed by atoms with Gasteiger partial charge in [0, 0.05) is 54.3 Å². The fourth-order valence-electron chi connectivity index (χ4n) is 4.10. The van der Waals surface area contributed by atoms with Crippen LogP contribution in [0, 0.1) is 6.92 Å². The standard InChI is InChI=1S/C29H27ClN6O/c1-19-28(29(30)26(17-31-19)35-34-23-7-5-4-6-8-23)22-13-21-15-33-27(14-25(21)32-16-22)36(2)18-20-9-11-24(37-3)12-10-20/h4-17,34-35H,18H2,1-3H3. The monoisotopic (exact) mass is 510 g/mol. The summed E-state index contributed by atoms with van der Waals surface area (Å²) in [5, 5.41) is 1.50. The molecule has 0 atom stereocenters. The number of methoxy groups -OCH3 is 1. The Morgan fingerprint density at radius 1 is 0.892 bits per heavy atom. The number of pyridine rings is 3. The molecule has 0 saturated heterocycles. The largest absolute Gasteiger partial charge is 0.497 e. The summed E-state index contributed by atoms with van der Waals surface area (Å²) >= 11 is 6.83. The van der Waals surface area contributed by atoms with Gasteiger partial charge in [0.05, 0.1) is 35.2 Å². The van der Waals surface area contributed by atoms with Crippen molar-refractivity contribution in [2.45, 2.75) is 13.5 Å². The van der Waals surface area contributed by atoms with E-state index in [9.17, 15) is 0 Å². The molecule has 8 heteroatoms. The highest BCUT2D eigenvalue weighted by Crippen LogP contribution is 2.36.